The Morgan fingerprint density at radius 2 is 1.96 bits per heavy atom. The first-order valence-corrected chi connectivity index (χ1v) is 8.87. The number of amides is 1. The van der Waals surface area contributed by atoms with Gasteiger partial charge >= 0.3 is 6.18 Å². The molecular weight excluding hydrogens is 381 g/mol. The van der Waals surface area contributed by atoms with Crippen LogP contribution in [0.2, 0.25) is 5.02 Å². The van der Waals surface area contributed by atoms with Crippen molar-refractivity contribution in [1.82, 2.24) is 4.98 Å². The maximum Gasteiger partial charge on any atom is 0.416 e. The molecule has 2 N–H and O–H groups in total. The molecule has 0 unspecified atom stereocenters. The van der Waals surface area contributed by atoms with Gasteiger partial charge in [0.15, 0.2) is 6.54 Å². The molecule has 0 atom stereocenters. The molecule has 3 rings (SSSR count). The van der Waals surface area contributed by atoms with Gasteiger partial charge in [0.05, 0.1) is 42.5 Å². The largest absolute Gasteiger partial charge is 0.416 e. The van der Waals surface area contributed by atoms with Gasteiger partial charge in [-0.2, -0.15) is 13.2 Å². The summed E-state index contributed by atoms with van der Waals surface area (Å²) >= 11 is 5.92. The zero-order valence-electron chi connectivity index (χ0n) is 14.4. The summed E-state index contributed by atoms with van der Waals surface area (Å²) in [5.74, 6) is 0.536. The number of hydrogen-bond acceptors (Lipinski definition) is 3. The van der Waals surface area contributed by atoms with E-state index in [9.17, 15) is 18.0 Å². The van der Waals surface area contributed by atoms with Crippen molar-refractivity contribution in [2.75, 3.05) is 42.9 Å². The van der Waals surface area contributed by atoms with Crippen molar-refractivity contribution in [2.45, 2.75) is 6.18 Å². The summed E-state index contributed by atoms with van der Waals surface area (Å²) in [6.45, 7) is 3.15. The van der Waals surface area contributed by atoms with E-state index < -0.39 is 11.7 Å². The number of carbonyl (C=O) groups excluding carboxylic acids is 1. The molecule has 9 heteroatoms. The number of nitrogens with zero attached hydrogens (tertiary/aromatic N) is 2. The van der Waals surface area contributed by atoms with Gasteiger partial charge in [-0.15, -0.1) is 0 Å². The Morgan fingerprint density at radius 3 is 2.59 bits per heavy atom. The number of benzene rings is 1. The lowest BCUT2D eigenvalue weighted by atomic mass is 10.2. The standard InChI is InChI=1S/C18H18ClF3N4O/c19-14-5-4-13(18(20,21)22)11-15(14)24-17(27)12-25-7-9-26(10-8-25)16-3-1-2-6-23-16/h1-6,11H,7-10,12H2,(H,24,27)/p+1. The highest BCUT2D eigenvalue weighted by Crippen LogP contribution is 2.33. The molecule has 0 aliphatic carbocycles. The van der Waals surface area contributed by atoms with Crippen molar-refractivity contribution >= 4 is 29.0 Å². The number of nitrogens with one attached hydrogen (secondary N) is 2. The molecule has 0 bridgehead atoms. The molecule has 1 fully saturated rings. The van der Waals surface area contributed by atoms with Crippen molar-refractivity contribution in [3.05, 3.63) is 53.2 Å². The molecule has 1 amide bonds. The second kappa shape index (κ2) is 8.14. The van der Waals surface area contributed by atoms with Crippen LogP contribution in [0.25, 0.3) is 0 Å². The summed E-state index contributed by atoms with van der Waals surface area (Å²) in [6, 6.07) is 8.60. The van der Waals surface area contributed by atoms with Crippen LogP contribution in [0, 0.1) is 0 Å². The first-order valence-electron chi connectivity index (χ1n) is 8.49. The number of rotatable bonds is 4. The fourth-order valence-electron chi connectivity index (χ4n) is 2.99. The molecule has 0 radical (unpaired) electrons. The average Bonchev–Trinajstić information content (AvgIpc) is 2.64. The number of pyridine rings is 1. The molecule has 1 aromatic carbocycles. The summed E-state index contributed by atoms with van der Waals surface area (Å²) in [4.78, 5) is 19.8. The van der Waals surface area contributed by atoms with Crippen LogP contribution >= 0.6 is 11.6 Å². The van der Waals surface area contributed by atoms with Crippen LogP contribution < -0.4 is 15.1 Å². The number of hydrogen-bond donors (Lipinski definition) is 2. The number of aromatic nitrogens is 1. The first kappa shape index (κ1) is 19.4. The van der Waals surface area contributed by atoms with Gasteiger partial charge in [-0.1, -0.05) is 17.7 Å². The lowest BCUT2D eigenvalue weighted by molar-refractivity contribution is -0.892. The van der Waals surface area contributed by atoms with Crippen molar-refractivity contribution < 1.29 is 22.9 Å². The van der Waals surface area contributed by atoms with E-state index in [0.29, 0.717) is 0 Å². The number of alkyl halides is 3. The molecule has 0 saturated carbocycles. The molecule has 5 nitrogen and oxygen atoms in total. The minimum atomic E-state index is -4.49. The molecule has 0 spiro atoms. The highest BCUT2D eigenvalue weighted by molar-refractivity contribution is 6.33. The van der Waals surface area contributed by atoms with Gasteiger partial charge in [0.25, 0.3) is 5.91 Å². The van der Waals surface area contributed by atoms with Gasteiger partial charge in [-0.3, -0.25) is 4.79 Å². The van der Waals surface area contributed by atoms with E-state index in [1.54, 1.807) is 6.20 Å². The maximum absolute atomic E-state index is 12.8. The van der Waals surface area contributed by atoms with Crippen LogP contribution in [0.5, 0.6) is 0 Å². The summed E-state index contributed by atoms with van der Waals surface area (Å²) in [6.07, 6.45) is -2.75. The molecule has 1 aliphatic heterocycles. The Labute approximate surface area is 159 Å². The van der Waals surface area contributed by atoms with E-state index in [0.717, 1.165) is 55.1 Å². The Morgan fingerprint density at radius 1 is 1.22 bits per heavy atom. The fourth-order valence-corrected chi connectivity index (χ4v) is 3.15. The van der Waals surface area contributed by atoms with E-state index in [1.165, 1.54) is 0 Å². The molecule has 2 aromatic rings. The number of anilines is 2. The molecule has 144 valence electrons. The molecular formula is C18H19ClF3N4O+. The first-order chi connectivity index (χ1) is 12.8. The number of piperazine rings is 1. The molecule has 27 heavy (non-hydrogen) atoms. The Bertz CT molecular complexity index is 793. The minimum absolute atomic E-state index is 0.0250. The van der Waals surface area contributed by atoms with Crippen LogP contribution in [0.3, 0.4) is 0 Å². The Kier molecular flexibility index (Phi) is 5.86. The quantitative estimate of drug-likeness (QED) is 0.828. The van der Waals surface area contributed by atoms with Gasteiger partial charge in [-0.05, 0) is 30.3 Å². The third kappa shape index (κ3) is 5.11. The van der Waals surface area contributed by atoms with Crippen molar-refractivity contribution in [3.8, 4) is 0 Å². The predicted octanol–water partition coefficient (Wildman–Crippen LogP) is 2.10. The van der Waals surface area contributed by atoms with E-state index >= 15 is 0 Å². The highest BCUT2D eigenvalue weighted by Gasteiger charge is 2.31. The molecule has 1 aliphatic rings. The third-order valence-electron chi connectivity index (χ3n) is 4.42. The van der Waals surface area contributed by atoms with Crippen LogP contribution in [0.1, 0.15) is 5.56 Å². The summed E-state index contributed by atoms with van der Waals surface area (Å²) in [5, 5.41) is 2.57. The lowest BCUT2D eigenvalue weighted by Crippen LogP contribution is -3.15. The van der Waals surface area contributed by atoms with Gasteiger partial charge in [0.1, 0.15) is 5.82 Å². The predicted molar refractivity (Wildman–Crippen MR) is 97.1 cm³/mol. The maximum atomic E-state index is 12.8. The van der Waals surface area contributed by atoms with Crippen LogP contribution in [0.15, 0.2) is 42.6 Å². The van der Waals surface area contributed by atoms with Crippen LogP contribution in [0.4, 0.5) is 24.7 Å². The van der Waals surface area contributed by atoms with E-state index in [4.69, 9.17) is 11.6 Å². The number of quaternary nitrogens is 1. The van der Waals surface area contributed by atoms with Crippen LogP contribution in [-0.2, 0) is 11.0 Å². The second-order valence-corrected chi connectivity index (χ2v) is 6.75. The monoisotopic (exact) mass is 399 g/mol. The fraction of sp³-hybridized carbons (Fsp3) is 0.333. The van der Waals surface area contributed by atoms with E-state index in [-0.39, 0.29) is 23.2 Å². The Hall–Kier alpha value is -2.32. The van der Waals surface area contributed by atoms with Crippen molar-refractivity contribution in [1.29, 1.82) is 0 Å². The molecule has 1 saturated heterocycles. The van der Waals surface area contributed by atoms with E-state index in [2.05, 4.69) is 15.2 Å². The topological polar surface area (TPSA) is 49.7 Å². The van der Waals surface area contributed by atoms with Gasteiger partial charge in [0, 0.05) is 6.20 Å². The number of halogens is 4. The zero-order chi connectivity index (χ0) is 19.4. The smallest absolute Gasteiger partial charge is 0.345 e. The SMILES string of the molecule is O=C(C[NH+]1CCN(c2ccccn2)CC1)Nc1cc(C(F)(F)F)ccc1Cl. The molecule has 2 heterocycles. The normalized spacial score (nSPS) is 15.6. The summed E-state index contributed by atoms with van der Waals surface area (Å²) in [5.41, 5.74) is -0.874. The average molecular weight is 400 g/mol. The molecule has 1 aromatic heterocycles. The van der Waals surface area contributed by atoms with Gasteiger partial charge in [-0.25, -0.2) is 4.98 Å². The van der Waals surface area contributed by atoms with E-state index in [1.807, 2.05) is 18.2 Å². The number of carbonyl (C=O) groups is 1. The minimum Gasteiger partial charge on any atom is -0.345 e. The van der Waals surface area contributed by atoms with Crippen molar-refractivity contribution in [2.24, 2.45) is 0 Å². The Balaban J connectivity index is 1.55. The lowest BCUT2D eigenvalue weighted by Gasteiger charge is -2.32. The third-order valence-corrected chi connectivity index (χ3v) is 4.75. The summed E-state index contributed by atoms with van der Waals surface area (Å²) < 4.78 is 38.5. The van der Waals surface area contributed by atoms with Gasteiger partial charge in [0.2, 0.25) is 0 Å². The van der Waals surface area contributed by atoms with Crippen molar-refractivity contribution in [3.63, 3.8) is 0 Å². The zero-order valence-corrected chi connectivity index (χ0v) is 15.1. The highest BCUT2D eigenvalue weighted by atomic mass is 35.5. The second-order valence-electron chi connectivity index (χ2n) is 6.34. The summed E-state index contributed by atoms with van der Waals surface area (Å²) in [7, 11) is 0. The van der Waals surface area contributed by atoms with Crippen LogP contribution in [-0.4, -0.2) is 43.6 Å². The van der Waals surface area contributed by atoms with Gasteiger partial charge < -0.3 is 15.1 Å².